The van der Waals surface area contributed by atoms with E-state index in [4.69, 9.17) is 0 Å². The van der Waals surface area contributed by atoms with Crippen molar-refractivity contribution in [3.8, 4) is 0 Å². The summed E-state index contributed by atoms with van der Waals surface area (Å²) >= 11 is 0. The van der Waals surface area contributed by atoms with Gasteiger partial charge in [-0.3, -0.25) is 24.6 Å². The molecule has 8 nitrogen and oxygen atoms in total. The van der Waals surface area contributed by atoms with Gasteiger partial charge < -0.3 is 15.1 Å². The average molecular weight is 440 g/mol. The van der Waals surface area contributed by atoms with Crippen LogP contribution < -0.4 is 15.5 Å². The molecule has 4 aliphatic rings. The van der Waals surface area contributed by atoms with Crippen LogP contribution in [0.25, 0.3) is 0 Å². The van der Waals surface area contributed by atoms with Crippen molar-refractivity contribution in [3.05, 3.63) is 29.3 Å². The van der Waals surface area contributed by atoms with Crippen LogP contribution in [0, 0.1) is 5.92 Å². The van der Waals surface area contributed by atoms with Gasteiger partial charge in [-0.25, -0.2) is 0 Å². The molecule has 1 unspecified atom stereocenters. The summed E-state index contributed by atoms with van der Waals surface area (Å²) in [5.41, 5.74) is 2.74. The van der Waals surface area contributed by atoms with Crippen LogP contribution >= 0.6 is 0 Å². The van der Waals surface area contributed by atoms with Crippen LogP contribution in [0.3, 0.4) is 0 Å². The van der Waals surface area contributed by atoms with E-state index in [9.17, 15) is 14.4 Å². The van der Waals surface area contributed by atoms with Crippen molar-refractivity contribution in [1.82, 2.24) is 20.4 Å². The number of piperazine rings is 1. The number of nitrogens with zero attached hydrogens (tertiary/aromatic N) is 3. The van der Waals surface area contributed by atoms with Crippen molar-refractivity contribution in [2.75, 3.05) is 50.7 Å². The molecule has 0 saturated carbocycles. The van der Waals surface area contributed by atoms with Gasteiger partial charge in [0.15, 0.2) is 0 Å². The number of carbonyl (C=O) groups is 3. The fraction of sp³-hybridized carbons (Fsp3) is 0.625. The molecule has 5 rings (SSSR count). The third-order valence-corrected chi connectivity index (χ3v) is 7.56. The normalized spacial score (nSPS) is 25.2. The van der Waals surface area contributed by atoms with Crippen LogP contribution in [-0.2, 0) is 16.1 Å². The standard InChI is InChI=1S/C24H33N5O3/c30-22-4-3-21(23(31)26-22)29-16-18-1-2-19(15-20(18)24(29)32)28-13-11-27(12-14-28)10-7-17-5-8-25-9-6-17/h1-2,15,17,21,25H,3-14,16H2,(H,26,30,31). The van der Waals surface area contributed by atoms with Gasteiger partial charge in [-0.1, -0.05) is 6.07 Å². The summed E-state index contributed by atoms with van der Waals surface area (Å²) in [5.74, 6) is 0.150. The molecule has 8 heteroatoms. The molecule has 1 aromatic rings. The summed E-state index contributed by atoms with van der Waals surface area (Å²) in [6.07, 6.45) is 4.59. The largest absolute Gasteiger partial charge is 0.369 e. The van der Waals surface area contributed by atoms with Crippen molar-refractivity contribution in [2.45, 2.75) is 44.7 Å². The number of nitrogens with one attached hydrogen (secondary N) is 2. The molecule has 0 bridgehead atoms. The number of piperidine rings is 2. The van der Waals surface area contributed by atoms with E-state index in [1.807, 2.05) is 12.1 Å². The number of anilines is 1. The van der Waals surface area contributed by atoms with Crippen LogP contribution in [0.4, 0.5) is 5.69 Å². The number of rotatable bonds is 5. The zero-order chi connectivity index (χ0) is 22.1. The molecule has 3 amide bonds. The SMILES string of the molecule is O=C1CCC(N2Cc3ccc(N4CCN(CCC5CCNCC5)CC4)cc3C2=O)C(=O)N1. The minimum atomic E-state index is -0.556. The number of carbonyl (C=O) groups excluding carboxylic acids is 3. The predicted molar refractivity (Wildman–Crippen MR) is 121 cm³/mol. The monoisotopic (exact) mass is 439 g/mol. The van der Waals surface area contributed by atoms with E-state index < -0.39 is 6.04 Å². The lowest BCUT2D eigenvalue weighted by Gasteiger charge is -2.37. The number of fused-ring (bicyclic) bond motifs is 1. The van der Waals surface area contributed by atoms with Gasteiger partial charge in [0.1, 0.15) is 6.04 Å². The van der Waals surface area contributed by atoms with E-state index >= 15 is 0 Å². The van der Waals surface area contributed by atoms with E-state index in [-0.39, 0.29) is 24.1 Å². The zero-order valence-corrected chi connectivity index (χ0v) is 18.6. The Kier molecular flexibility index (Phi) is 6.15. The molecule has 1 atom stereocenters. The molecule has 4 heterocycles. The Labute approximate surface area is 189 Å². The first-order chi connectivity index (χ1) is 15.6. The molecule has 0 spiro atoms. The van der Waals surface area contributed by atoms with Gasteiger partial charge in [0, 0.05) is 50.4 Å². The second-order valence-electron chi connectivity index (χ2n) is 9.55. The van der Waals surface area contributed by atoms with E-state index in [0.29, 0.717) is 18.5 Å². The van der Waals surface area contributed by atoms with Crippen molar-refractivity contribution in [1.29, 1.82) is 0 Å². The summed E-state index contributed by atoms with van der Waals surface area (Å²) in [7, 11) is 0. The van der Waals surface area contributed by atoms with E-state index in [1.165, 1.54) is 25.8 Å². The average Bonchev–Trinajstić information content (AvgIpc) is 3.14. The highest BCUT2D eigenvalue weighted by molar-refractivity contribution is 6.05. The summed E-state index contributed by atoms with van der Waals surface area (Å²) in [4.78, 5) is 43.3. The minimum Gasteiger partial charge on any atom is -0.369 e. The topological polar surface area (TPSA) is 85.0 Å². The Hall–Kier alpha value is -2.45. The maximum atomic E-state index is 13.1. The second kappa shape index (κ2) is 9.19. The Morgan fingerprint density at radius 2 is 1.75 bits per heavy atom. The van der Waals surface area contributed by atoms with Gasteiger partial charge in [-0.2, -0.15) is 0 Å². The quantitative estimate of drug-likeness (QED) is 0.665. The molecule has 32 heavy (non-hydrogen) atoms. The van der Waals surface area contributed by atoms with Crippen LogP contribution in [0.15, 0.2) is 18.2 Å². The van der Waals surface area contributed by atoms with Gasteiger partial charge in [0.25, 0.3) is 5.91 Å². The van der Waals surface area contributed by atoms with Crippen LogP contribution in [0.1, 0.15) is 48.0 Å². The predicted octanol–water partition coefficient (Wildman–Crippen LogP) is 0.959. The van der Waals surface area contributed by atoms with Crippen molar-refractivity contribution in [3.63, 3.8) is 0 Å². The molecule has 4 aliphatic heterocycles. The number of amides is 3. The molecule has 0 aliphatic carbocycles. The van der Waals surface area contributed by atoms with Gasteiger partial charge in [-0.05, 0) is 68.9 Å². The second-order valence-corrected chi connectivity index (χ2v) is 9.55. The molecule has 2 N–H and O–H groups in total. The maximum Gasteiger partial charge on any atom is 0.255 e. The van der Waals surface area contributed by atoms with E-state index in [2.05, 4.69) is 26.5 Å². The molecule has 172 valence electrons. The fourth-order valence-corrected chi connectivity index (χ4v) is 5.50. The molecule has 3 saturated heterocycles. The Morgan fingerprint density at radius 3 is 2.50 bits per heavy atom. The summed E-state index contributed by atoms with van der Waals surface area (Å²) in [6, 6.07) is 5.57. The van der Waals surface area contributed by atoms with Crippen molar-refractivity contribution >= 4 is 23.4 Å². The molecule has 3 fully saturated rings. The molecular formula is C24H33N5O3. The van der Waals surface area contributed by atoms with Crippen LogP contribution in [0.5, 0.6) is 0 Å². The lowest BCUT2D eigenvalue weighted by atomic mass is 9.94. The van der Waals surface area contributed by atoms with E-state index in [1.54, 1.807) is 4.90 Å². The van der Waals surface area contributed by atoms with Crippen molar-refractivity contribution < 1.29 is 14.4 Å². The number of imide groups is 1. The smallest absolute Gasteiger partial charge is 0.255 e. The molecular weight excluding hydrogens is 406 g/mol. The number of benzene rings is 1. The highest BCUT2D eigenvalue weighted by Crippen LogP contribution is 2.31. The summed E-state index contributed by atoms with van der Waals surface area (Å²) < 4.78 is 0. The van der Waals surface area contributed by atoms with Crippen molar-refractivity contribution in [2.24, 2.45) is 5.92 Å². The molecule has 0 radical (unpaired) electrons. The van der Waals surface area contributed by atoms with Gasteiger partial charge in [0.2, 0.25) is 11.8 Å². The minimum absolute atomic E-state index is 0.100. The lowest BCUT2D eigenvalue weighted by Crippen LogP contribution is -2.52. The third kappa shape index (κ3) is 4.38. The van der Waals surface area contributed by atoms with Gasteiger partial charge in [-0.15, -0.1) is 0 Å². The number of hydrogen-bond acceptors (Lipinski definition) is 6. The molecule has 0 aromatic heterocycles. The van der Waals surface area contributed by atoms with Gasteiger partial charge >= 0.3 is 0 Å². The van der Waals surface area contributed by atoms with Crippen LogP contribution in [-0.4, -0.2) is 79.4 Å². The van der Waals surface area contributed by atoms with E-state index in [0.717, 1.165) is 56.4 Å². The Bertz CT molecular complexity index is 890. The highest BCUT2D eigenvalue weighted by Gasteiger charge is 2.39. The van der Waals surface area contributed by atoms with Crippen LogP contribution in [0.2, 0.25) is 0 Å². The zero-order valence-electron chi connectivity index (χ0n) is 18.6. The fourth-order valence-electron chi connectivity index (χ4n) is 5.50. The third-order valence-electron chi connectivity index (χ3n) is 7.56. The lowest BCUT2D eigenvalue weighted by molar-refractivity contribution is -0.136. The summed E-state index contributed by atoms with van der Waals surface area (Å²) in [5, 5.41) is 5.81. The summed E-state index contributed by atoms with van der Waals surface area (Å²) in [6.45, 7) is 7.99. The Morgan fingerprint density at radius 1 is 0.969 bits per heavy atom. The maximum absolute atomic E-state index is 13.1. The first-order valence-electron chi connectivity index (χ1n) is 12.0. The number of hydrogen-bond donors (Lipinski definition) is 2. The Balaban J connectivity index is 1.17. The first-order valence-corrected chi connectivity index (χ1v) is 12.0. The molecule has 1 aromatic carbocycles. The van der Waals surface area contributed by atoms with Gasteiger partial charge in [0.05, 0.1) is 0 Å². The highest BCUT2D eigenvalue weighted by atomic mass is 16.2. The first kappa shape index (κ1) is 21.4.